The highest BCUT2D eigenvalue weighted by Crippen LogP contribution is 2.40. The lowest BCUT2D eigenvalue weighted by atomic mass is 9.99. The van der Waals surface area contributed by atoms with E-state index < -0.39 is 16.4 Å². The van der Waals surface area contributed by atoms with E-state index in [2.05, 4.69) is 5.10 Å². The van der Waals surface area contributed by atoms with Crippen LogP contribution in [-0.4, -0.2) is 37.9 Å². The van der Waals surface area contributed by atoms with Gasteiger partial charge in [0, 0.05) is 13.6 Å². The van der Waals surface area contributed by atoms with Crippen molar-refractivity contribution < 1.29 is 14.8 Å². The van der Waals surface area contributed by atoms with Gasteiger partial charge in [-0.05, 0) is 26.2 Å². The van der Waals surface area contributed by atoms with Crippen LogP contribution in [-0.2, 0) is 18.3 Å². The quantitative estimate of drug-likeness (QED) is 0.660. The number of nitrogens with zero attached hydrogens (tertiary/aromatic N) is 4. The number of carboxylic acid groups (broad SMARTS) is 1. The third-order valence-corrected chi connectivity index (χ3v) is 3.94. The highest BCUT2D eigenvalue weighted by atomic mass is 16.6. The molecule has 0 saturated carbocycles. The first-order valence-corrected chi connectivity index (χ1v) is 6.54. The standard InChI is InChI=1S/C12H18N4O4/c1-4-8-9(16(19)20)10(14(3)13-8)15-7-5-6-12(15,2)11(17)18/h4-7H2,1-3H3,(H,17,18). The maximum Gasteiger partial charge on any atom is 0.334 e. The van der Waals surface area contributed by atoms with E-state index in [1.54, 1.807) is 25.8 Å². The number of rotatable bonds is 4. The normalized spacial score (nSPS) is 22.2. The number of aromatic nitrogens is 2. The first-order valence-electron chi connectivity index (χ1n) is 6.54. The second kappa shape index (κ2) is 4.77. The fraction of sp³-hybridized carbons (Fsp3) is 0.667. The summed E-state index contributed by atoms with van der Waals surface area (Å²) in [4.78, 5) is 24.0. The Hall–Kier alpha value is -2.12. The molecule has 0 aromatic carbocycles. The lowest BCUT2D eigenvalue weighted by molar-refractivity contribution is -0.384. The van der Waals surface area contributed by atoms with Crippen LogP contribution >= 0.6 is 0 Å². The Morgan fingerprint density at radius 1 is 1.60 bits per heavy atom. The van der Waals surface area contributed by atoms with Crippen molar-refractivity contribution in [3.8, 4) is 0 Å². The summed E-state index contributed by atoms with van der Waals surface area (Å²) in [6.45, 7) is 3.87. The lowest BCUT2D eigenvalue weighted by Crippen LogP contribution is -2.49. The van der Waals surface area contributed by atoms with E-state index in [-0.39, 0.29) is 11.5 Å². The maximum absolute atomic E-state index is 11.5. The number of carboxylic acids is 1. The summed E-state index contributed by atoms with van der Waals surface area (Å²) >= 11 is 0. The van der Waals surface area contributed by atoms with Crippen molar-refractivity contribution in [3.63, 3.8) is 0 Å². The zero-order valence-corrected chi connectivity index (χ0v) is 11.8. The van der Waals surface area contributed by atoms with Crippen LogP contribution < -0.4 is 4.90 Å². The molecule has 1 aliphatic heterocycles. The summed E-state index contributed by atoms with van der Waals surface area (Å²) in [5.74, 6) is -0.683. The van der Waals surface area contributed by atoms with E-state index in [0.717, 1.165) is 0 Å². The summed E-state index contributed by atoms with van der Waals surface area (Å²) in [5, 5.41) is 24.9. The summed E-state index contributed by atoms with van der Waals surface area (Å²) in [6.07, 6.45) is 1.58. The molecule has 0 amide bonds. The number of hydrogen-bond acceptors (Lipinski definition) is 5. The molecule has 8 heteroatoms. The van der Waals surface area contributed by atoms with Gasteiger partial charge in [0.05, 0.1) is 4.92 Å². The minimum Gasteiger partial charge on any atom is -0.480 e. The van der Waals surface area contributed by atoms with E-state index in [1.807, 2.05) is 0 Å². The van der Waals surface area contributed by atoms with Gasteiger partial charge in [0.2, 0.25) is 5.82 Å². The molecule has 1 aromatic rings. The molecule has 0 radical (unpaired) electrons. The third-order valence-electron chi connectivity index (χ3n) is 3.94. The van der Waals surface area contributed by atoms with Gasteiger partial charge in [0.15, 0.2) is 0 Å². The van der Waals surface area contributed by atoms with E-state index in [1.165, 1.54) is 4.68 Å². The van der Waals surface area contributed by atoms with Crippen LogP contribution in [0.2, 0.25) is 0 Å². The van der Waals surface area contributed by atoms with Crippen molar-refractivity contribution >= 4 is 17.5 Å². The van der Waals surface area contributed by atoms with Gasteiger partial charge < -0.3 is 10.0 Å². The Labute approximate surface area is 116 Å². The van der Waals surface area contributed by atoms with Crippen molar-refractivity contribution in [2.24, 2.45) is 7.05 Å². The largest absolute Gasteiger partial charge is 0.480 e. The van der Waals surface area contributed by atoms with Gasteiger partial charge in [0.1, 0.15) is 11.2 Å². The molecule has 1 unspecified atom stereocenters. The van der Waals surface area contributed by atoms with Gasteiger partial charge in [-0.2, -0.15) is 5.10 Å². The van der Waals surface area contributed by atoms with Gasteiger partial charge in [-0.15, -0.1) is 0 Å². The number of nitro groups is 1. The molecule has 1 saturated heterocycles. The molecular weight excluding hydrogens is 264 g/mol. The van der Waals surface area contributed by atoms with Crippen molar-refractivity contribution in [3.05, 3.63) is 15.8 Å². The van der Waals surface area contributed by atoms with Gasteiger partial charge in [-0.1, -0.05) is 6.92 Å². The van der Waals surface area contributed by atoms with Crippen LogP contribution in [0.1, 0.15) is 32.4 Å². The Morgan fingerprint density at radius 3 is 2.75 bits per heavy atom. The molecular formula is C12H18N4O4. The molecule has 1 atom stereocenters. The first-order chi connectivity index (χ1) is 9.32. The van der Waals surface area contributed by atoms with E-state index >= 15 is 0 Å². The molecule has 2 rings (SSSR count). The van der Waals surface area contributed by atoms with E-state index in [4.69, 9.17) is 0 Å². The number of carbonyl (C=O) groups is 1. The highest BCUT2D eigenvalue weighted by molar-refractivity contribution is 5.85. The number of aryl methyl sites for hydroxylation is 2. The second-order valence-electron chi connectivity index (χ2n) is 5.19. The summed E-state index contributed by atoms with van der Waals surface area (Å²) in [7, 11) is 1.61. The topological polar surface area (TPSA) is 102 Å². The Morgan fingerprint density at radius 2 is 2.25 bits per heavy atom. The fourth-order valence-electron chi connectivity index (χ4n) is 2.81. The number of aliphatic carboxylic acids is 1. The maximum atomic E-state index is 11.5. The minimum atomic E-state index is -1.12. The van der Waals surface area contributed by atoms with Crippen LogP contribution in [0.15, 0.2) is 0 Å². The molecule has 1 aromatic heterocycles. The average Bonchev–Trinajstić information content (AvgIpc) is 2.90. The predicted octanol–water partition coefficient (Wildman–Crippen LogP) is 1.33. The molecule has 0 bridgehead atoms. The molecule has 20 heavy (non-hydrogen) atoms. The predicted molar refractivity (Wildman–Crippen MR) is 71.9 cm³/mol. The fourth-order valence-corrected chi connectivity index (χ4v) is 2.81. The molecule has 8 nitrogen and oxygen atoms in total. The lowest BCUT2D eigenvalue weighted by Gasteiger charge is -2.32. The van der Waals surface area contributed by atoms with Gasteiger partial charge >= 0.3 is 11.7 Å². The molecule has 0 spiro atoms. The summed E-state index contributed by atoms with van der Waals surface area (Å²) in [6, 6.07) is 0. The van der Waals surface area contributed by atoms with Crippen LogP contribution in [0, 0.1) is 10.1 Å². The van der Waals surface area contributed by atoms with E-state index in [0.29, 0.717) is 31.5 Å². The first kappa shape index (κ1) is 14.3. The second-order valence-corrected chi connectivity index (χ2v) is 5.19. The van der Waals surface area contributed by atoms with Crippen molar-refractivity contribution in [1.82, 2.24) is 9.78 Å². The van der Waals surface area contributed by atoms with Crippen molar-refractivity contribution in [2.45, 2.75) is 38.6 Å². The molecule has 1 N–H and O–H groups in total. The summed E-state index contributed by atoms with van der Waals surface area (Å²) < 4.78 is 1.42. The van der Waals surface area contributed by atoms with Gasteiger partial charge in [-0.25, -0.2) is 9.48 Å². The molecule has 1 fully saturated rings. The zero-order chi connectivity index (χ0) is 15.1. The molecule has 0 aliphatic carbocycles. The van der Waals surface area contributed by atoms with Crippen molar-refractivity contribution in [1.29, 1.82) is 0 Å². The SMILES string of the molecule is CCc1nn(C)c(N2CCCC2(C)C(=O)O)c1[N+](=O)[O-]. The Bertz CT molecular complexity index is 568. The van der Waals surface area contributed by atoms with E-state index in [9.17, 15) is 20.0 Å². The molecule has 110 valence electrons. The Kier molecular flexibility index (Phi) is 3.41. The number of anilines is 1. The Balaban J connectivity index is 2.60. The number of hydrogen-bond donors (Lipinski definition) is 1. The molecule has 1 aliphatic rings. The average molecular weight is 282 g/mol. The zero-order valence-electron chi connectivity index (χ0n) is 11.8. The smallest absolute Gasteiger partial charge is 0.334 e. The van der Waals surface area contributed by atoms with Crippen molar-refractivity contribution in [2.75, 3.05) is 11.4 Å². The van der Waals surface area contributed by atoms with Crippen LogP contribution in [0.25, 0.3) is 0 Å². The molecule has 2 heterocycles. The minimum absolute atomic E-state index is 0.0793. The van der Waals surface area contributed by atoms with Gasteiger partial charge in [-0.3, -0.25) is 10.1 Å². The van der Waals surface area contributed by atoms with Crippen LogP contribution in [0.3, 0.4) is 0 Å². The van der Waals surface area contributed by atoms with Crippen LogP contribution in [0.5, 0.6) is 0 Å². The van der Waals surface area contributed by atoms with Crippen LogP contribution in [0.4, 0.5) is 11.5 Å². The third kappa shape index (κ3) is 1.91. The highest BCUT2D eigenvalue weighted by Gasteiger charge is 2.47. The van der Waals surface area contributed by atoms with Gasteiger partial charge in [0.25, 0.3) is 0 Å². The monoisotopic (exact) mass is 282 g/mol. The summed E-state index contributed by atoms with van der Waals surface area (Å²) in [5.41, 5.74) is -0.819.